The Kier molecular flexibility index (Phi) is 5.94. The predicted molar refractivity (Wildman–Crippen MR) is 206 cm³/mol. The van der Waals surface area contributed by atoms with Crippen molar-refractivity contribution in [1.29, 1.82) is 0 Å². The van der Waals surface area contributed by atoms with Crippen molar-refractivity contribution in [3.63, 3.8) is 0 Å². The van der Waals surface area contributed by atoms with Gasteiger partial charge in [0.05, 0.1) is 5.52 Å². The lowest BCUT2D eigenvalue weighted by molar-refractivity contribution is 1.43. The first kappa shape index (κ1) is 26.9. The molecular formula is C47H29N. The van der Waals surface area contributed by atoms with E-state index in [4.69, 9.17) is 4.98 Å². The molecule has 48 heavy (non-hydrogen) atoms. The third-order valence-electron chi connectivity index (χ3n) is 10.0. The number of aromatic nitrogens is 1. The summed E-state index contributed by atoms with van der Waals surface area (Å²) in [6, 6.07) is 62.3. The molecule has 0 spiro atoms. The summed E-state index contributed by atoms with van der Waals surface area (Å²) in [5, 5.41) is 13.5. The molecule has 1 heterocycles. The number of nitrogens with zero attached hydrogens (tertiary/aromatic N) is 1. The van der Waals surface area contributed by atoms with Crippen molar-refractivity contribution in [2.75, 3.05) is 0 Å². The van der Waals surface area contributed by atoms with Gasteiger partial charge in [-0.15, -0.1) is 0 Å². The summed E-state index contributed by atoms with van der Waals surface area (Å²) in [7, 11) is 0. The van der Waals surface area contributed by atoms with E-state index in [0.717, 1.165) is 5.52 Å². The van der Waals surface area contributed by atoms with E-state index in [-0.39, 0.29) is 0 Å². The molecule has 1 nitrogen and oxygen atoms in total. The zero-order valence-corrected chi connectivity index (χ0v) is 26.2. The van der Waals surface area contributed by atoms with Gasteiger partial charge in [0.15, 0.2) is 0 Å². The van der Waals surface area contributed by atoms with Crippen LogP contribution in [0.4, 0.5) is 0 Å². The highest BCUT2D eigenvalue weighted by Crippen LogP contribution is 2.46. The highest BCUT2D eigenvalue weighted by atomic mass is 14.6. The lowest BCUT2D eigenvalue weighted by atomic mass is 9.84. The average molecular weight is 608 g/mol. The molecule has 1 heteroatoms. The summed E-state index contributed by atoms with van der Waals surface area (Å²) in [4.78, 5) is 4.87. The molecule has 0 saturated carbocycles. The summed E-state index contributed by atoms with van der Waals surface area (Å²) < 4.78 is 0. The van der Waals surface area contributed by atoms with Crippen LogP contribution in [0.3, 0.4) is 0 Å². The zero-order chi connectivity index (χ0) is 31.6. The number of pyridine rings is 1. The summed E-state index contributed by atoms with van der Waals surface area (Å²) in [5.41, 5.74) is 8.41. The first-order chi connectivity index (χ1) is 23.8. The summed E-state index contributed by atoms with van der Waals surface area (Å²) in [6.45, 7) is 0. The Labute approximate surface area is 278 Å². The Bertz CT molecular complexity index is 2900. The monoisotopic (exact) mass is 607 g/mol. The van der Waals surface area contributed by atoms with Crippen molar-refractivity contribution in [1.82, 2.24) is 4.98 Å². The molecule has 10 aromatic rings. The number of rotatable bonds is 3. The lowest BCUT2D eigenvalue weighted by Crippen LogP contribution is -1.93. The van der Waals surface area contributed by atoms with Gasteiger partial charge in [-0.05, 0) is 112 Å². The van der Waals surface area contributed by atoms with Gasteiger partial charge in [0, 0.05) is 17.0 Å². The van der Waals surface area contributed by atoms with Gasteiger partial charge in [0.1, 0.15) is 0 Å². The molecule has 1 aromatic heterocycles. The van der Waals surface area contributed by atoms with E-state index < -0.39 is 0 Å². The molecule has 222 valence electrons. The van der Waals surface area contributed by atoms with E-state index >= 15 is 0 Å². The van der Waals surface area contributed by atoms with Crippen LogP contribution in [0.5, 0.6) is 0 Å². The van der Waals surface area contributed by atoms with Crippen LogP contribution in [0.1, 0.15) is 0 Å². The van der Waals surface area contributed by atoms with E-state index in [2.05, 4.69) is 164 Å². The second-order valence-electron chi connectivity index (χ2n) is 12.7. The molecule has 0 aliphatic carbocycles. The minimum absolute atomic E-state index is 1.04. The predicted octanol–water partition coefficient (Wildman–Crippen LogP) is 13.0. The van der Waals surface area contributed by atoms with Crippen molar-refractivity contribution in [3.8, 4) is 33.4 Å². The van der Waals surface area contributed by atoms with Gasteiger partial charge in [0.25, 0.3) is 0 Å². The number of fused-ring (bicyclic) bond motifs is 7. The lowest BCUT2D eigenvalue weighted by Gasteiger charge is -2.20. The van der Waals surface area contributed by atoms with Crippen LogP contribution in [0, 0.1) is 0 Å². The molecule has 0 bridgehead atoms. The highest BCUT2D eigenvalue weighted by molar-refractivity contribution is 6.23. The molecule has 0 aliphatic rings. The van der Waals surface area contributed by atoms with Crippen molar-refractivity contribution in [3.05, 3.63) is 176 Å². The fourth-order valence-electron chi connectivity index (χ4n) is 7.81. The highest BCUT2D eigenvalue weighted by Gasteiger charge is 2.19. The van der Waals surface area contributed by atoms with Gasteiger partial charge < -0.3 is 0 Å². The molecule has 9 aromatic carbocycles. The van der Waals surface area contributed by atoms with E-state index in [9.17, 15) is 0 Å². The second-order valence-corrected chi connectivity index (χ2v) is 12.7. The van der Waals surface area contributed by atoms with Gasteiger partial charge in [0.2, 0.25) is 0 Å². The van der Waals surface area contributed by atoms with Gasteiger partial charge >= 0.3 is 0 Å². The Morgan fingerprint density at radius 3 is 1.46 bits per heavy atom. The van der Waals surface area contributed by atoms with Crippen molar-refractivity contribution >= 4 is 64.8 Å². The first-order valence-electron chi connectivity index (χ1n) is 16.5. The smallest absolute Gasteiger partial charge is 0.0786 e. The molecule has 0 amide bonds. The maximum absolute atomic E-state index is 4.87. The van der Waals surface area contributed by atoms with Gasteiger partial charge in [-0.3, -0.25) is 4.98 Å². The van der Waals surface area contributed by atoms with Crippen LogP contribution < -0.4 is 0 Å². The van der Waals surface area contributed by atoms with Gasteiger partial charge in [-0.25, -0.2) is 0 Å². The van der Waals surface area contributed by atoms with Crippen molar-refractivity contribution < 1.29 is 0 Å². The minimum atomic E-state index is 1.04. The normalized spacial score (nSPS) is 11.8. The molecule has 0 unspecified atom stereocenters. The van der Waals surface area contributed by atoms with E-state index in [0.29, 0.717) is 0 Å². The Balaban J connectivity index is 1.34. The summed E-state index contributed by atoms with van der Waals surface area (Å²) in [5.74, 6) is 0. The zero-order valence-electron chi connectivity index (χ0n) is 26.2. The first-order valence-corrected chi connectivity index (χ1v) is 16.5. The van der Waals surface area contributed by atoms with E-state index in [1.807, 2.05) is 12.3 Å². The van der Waals surface area contributed by atoms with Gasteiger partial charge in [-0.1, -0.05) is 140 Å². The maximum atomic E-state index is 4.87. The molecule has 0 N–H and O–H groups in total. The van der Waals surface area contributed by atoms with Crippen LogP contribution >= 0.6 is 0 Å². The summed E-state index contributed by atoms with van der Waals surface area (Å²) in [6.07, 6.45) is 1.90. The molecular weight excluding hydrogens is 579 g/mol. The molecule has 0 radical (unpaired) electrons. The molecule has 10 rings (SSSR count). The topological polar surface area (TPSA) is 12.9 Å². The van der Waals surface area contributed by atoms with Gasteiger partial charge in [-0.2, -0.15) is 0 Å². The Hall–Kier alpha value is -6.31. The molecule has 0 atom stereocenters. The minimum Gasteiger partial charge on any atom is -0.256 e. The number of hydrogen-bond acceptors (Lipinski definition) is 1. The van der Waals surface area contributed by atoms with E-state index in [1.165, 1.54) is 92.6 Å². The standard InChI is InChI=1S/C47H29N/c1-3-12-32-26-36(21-19-30(32)10-1)45-39-16-7-8-17-40(39)46(37-22-20-31-11-2-4-13-33(31)27-37)44-29-35(23-24-41(44)45)43-28-34-14-5-6-15-38(34)47-42(43)18-9-25-48-47/h1-29H. The van der Waals surface area contributed by atoms with Crippen LogP contribution in [-0.2, 0) is 0 Å². The fourth-order valence-corrected chi connectivity index (χ4v) is 7.81. The maximum Gasteiger partial charge on any atom is 0.0786 e. The molecule has 0 fully saturated rings. The third-order valence-corrected chi connectivity index (χ3v) is 10.0. The molecule has 0 saturated heterocycles. The SMILES string of the molecule is c1ccc2cc(-c3c4ccccc4c(-c4ccc5ccccc5c4)c4cc(-c5cc6ccccc6c6ncccc56)ccc34)ccc2c1. The van der Waals surface area contributed by atoms with Crippen LogP contribution in [0.25, 0.3) is 98.1 Å². The van der Waals surface area contributed by atoms with E-state index in [1.54, 1.807) is 0 Å². The van der Waals surface area contributed by atoms with Crippen molar-refractivity contribution in [2.45, 2.75) is 0 Å². The molecule has 0 aliphatic heterocycles. The van der Waals surface area contributed by atoms with Crippen LogP contribution in [0.15, 0.2) is 176 Å². The Morgan fingerprint density at radius 1 is 0.292 bits per heavy atom. The van der Waals surface area contributed by atoms with Crippen LogP contribution in [-0.4, -0.2) is 4.98 Å². The Morgan fingerprint density at radius 2 is 0.792 bits per heavy atom. The fraction of sp³-hybridized carbons (Fsp3) is 0. The summed E-state index contributed by atoms with van der Waals surface area (Å²) >= 11 is 0. The van der Waals surface area contributed by atoms with Crippen LogP contribution in [0.2, 0.25) is 0 Å². The van der Waals surface area contributed by atoms with Crippen molar-refractivity contribution in [2.24, 2.45) is 0 Å². The second kappa shape index (κ2) is 10.6. The number of benzene rings is 9. The third kappa shape index (κ3) is 4.15. The average Bonchev–Trinajstić information content (AvgIpc) is 3.16. The largest absolute Gasteiger partial charge is 0.256 e. The quantitative estimate of drug-likeness (QED) is 0.144. The number of hydrogen-bond donors (Lipinski definition) is 0.